The third-order valence-corrected chi connectivity index (χ3v) is 4.83. The summed E-state index contributed by atoms with van der Waals surface area (Å²) in [6, 6.07) is 3.54. The van der Waals surface area contributed by atoms with Crippen molar-refractivity contribution in [3.63, 3.8) is 0 Å². The number of aromatic amines is 1. The molecule has 7 nitrogen and oxygen atoms in total. The van der Waals surface area contributed by atoms with Crippen LogP contribution in [0.4, 0.5) is 13.2 Å². The van der Waals surface area contributed by atoms with E-state index in [1.54, 1.807) is 24.5 Å². The van der Waals surface area contributed by atoms with Crippen LogP contribution < -0.4 is 10.7 Å². The van der Waals surface area contributed by atoms with Gasteiger partial charge >= 0.3 is 12.1 Å². The standard InChI is InChI=1S/C18H17F3N6O/c19-18(20,21)15-11-4-1-2-6-13(11)27(26-15)9-14(28)25-16(22)12-8-24-17-10(12)5-3-7-23-17/h3,5,7-8H,1-2,4,6,9H2,(H,23,24)(H2,22,25,28)/p+1. The topological polar surface area (TPSA) is 101 Å². The van der Waals surface area contributed by atoms with Crippen molar-refractivity contribution in [1.29, 1.82) is 0 Å². The van der Waals surface area contributed by atoms with Gasteiger partial charge in [0, 0.05) is 29.0 Å². The average Bonchev–Trinajstić information content (AvgIpc) is 3.23. The zero-order valence-corrected chi connectivity index (χ0v) is 14.8. The summed E-state index contributed by atoms with van der Waals surface area (Å²) < 4.78 is 40.9. The third-order valence-electron chi connectivity index (χ3n) is 4.83. The number of carbonyl (C=O) groups is 1. The lowest BCUT2D eigenvalue weighted by Crippen LogP contribution is -2.52. The number of hydrogen-bond acceptors (Lipinski definition) is 3. The Balaban J connectivity index is 1.54. The van der Waals surface area contributed by atoms with Crippen LogP contribution in [-0.4, -0.2) is 31.5 Å². The van der Waals surface area contributed by atoms with Gasteiger partial charge in [-0.2, -0.15) is 18.3 Å². The second-order valence-electron chi connectivity index (χ2n) is 6.70. The molecule has 0 unspecified atom stereocenters. The Labute approximate surface area is 157 Å². The molecule has 4 N–H and O–H groups in total. The molecular formula is C18H18F3N6O+. The van der Waals surface area contributed by atoms with Crippen LogP contribution >= 0.6 is 0 Å². The highest BCUT2D eigenvalue weighted by atomic mass is 19.4. The molecule has 0 bridgehead atoms. The number of alkyl halides is 3. The van der Waals surface area contributed by atoms with Gasteiger partial charge in [0.05, 0.1) is 5.56 Å². The maximum Gasteiger partial charge on any atom is 0.435 e. The molecule has 10 heteroatoms. The number of rotatable bonds is 3. The number of carbonyl (C=O) groups excluding carboxylic acids is 1. The fourth-order valence-corrected chi connectivity index (χ4v) is 3.60. The van der Waals surface area contributed by atoms with Gasteiger partial charge in [-0.1, -0.05) is 0 Å². The number of nitrogens with zero attached hydrogens (tertiary/aromatic N) is 3. The quantitative estimate of drug-likeness (QED) is 0.458. The van der Waals surface area contributed by atoms with E-state index in [2.05, 4.69) is 20.4 Å². The molecule has 0 saturated heterocycles. The van der Waals surface area contributed by atoms with Gasteiger partial charge < -0.3 is 4.98 Å². The van der Waals surface area contributed by atoms with Crippen LogP contribution in [0.15, 0.2) is 24.5 Å². The third kappa shape index (κ3) is 3.25. The minimum absolute atomic E-state index is 0.0984. The average molecular weight is 391 g/mol. The monoisotopic (exact) mass is 391 g/mol. The van der Waals surface area contributed by atoms with Crippen LogP contribution in [0, 0.1) is 0 Å². The van der Waals surface area contributed by atoms with E-state index in [0.29, 0.717) is 36.2 Å². The van der Waals surface area contributed by atoms with Crippen molar-refractivity contribution in [1.82, 2.24) is 25.1 Å². The Morgan fingerprint density at radius 3 is 2.89 bits per heavy atom. The summed E-state index contributed by atoms with van der Waals surface area (Å²) >= 11 is 0. The molecule has 0 spiro atoms. The summed E-state index contributed by atoms with van der Waals surface area (Å²) in [4.78, 5) is 19.5. The number of nitrogens with one attached hydrogen (secondary N) is 2. The largest absolute Gasteiger partial charge is 0.435 e. The minimum Gasteiger partial charge on any atom is -0.345 e. The number of pyridine rings is 1. The predicted molar refractivity (Wildman–Crippen MR) is 94.1 cm³/mol. The smallest absolute Gasteiger partial charge is 0.345 e. The van der Waals surface area contributed by atoms with E-state index in [1.807, 2.05) is 0 Å². The van der Waals surface area contributed by atoms with Crippen LogP contribution in [0.1, 0.15) is 35.4 Å². The van der Waals surface area contributed by atoms with Crippen LogP contribution in [0.3, 0.4) is 0 Å². The van der Waals surface area contributed by atoms with E-state index in [1.165, 1.54) is 0 Å². The molecule has 4 rings (SSSR count). The van der Waals surface area contributed by atoms with Crippen molar-refractivity contribution in [3.8, 4) is 0 Å². The normalized spacial score (nSPS) is 14.1. The maximum absolute atomic E-state index is 13.3. The molecule has 0 fully saturated rings. The first-order valence-corrected chi connectivity index (χ1v) is 8.85. The molecule has 28 heavy (non-hydrogen) atoms. The van der Waals surface area contributed by atoms with Gasteiger partial charge in [-0.15, -0.1) is 0 Å². The zero-order valence-electron chi connectivity index (χ0n) is 14.8. The Hall–Kier alpha value is -3.17. The zero-order chi connectivity index (χ0) is 19.9. The number of amides is 1. The van der Waals surface area contributed by atoms with E-state index in [9.17, 15) is 18.0 Å². The summed E-state index contributed by atoms with van der Waals surface area (Å²) in [7, 11) is 0. The van der Waals surface area contributed by atoms with Gasteiger partial charge in [-0.05, 0) is 37.8 Å². The SMILES string of the molecule is [NH2+]=C(NC(=O)Cn1nc(C(F)(F)F)c2c1CCCC2)c1c[nH]c2ncccc12. The lowest BCUT2D eigenvalue weighted by molar-refractivity contribution is -0.142. The van der Waals surface area contributed by atoms with Gasteiger partial charge in [0.15, 0.2) is 5.69 Å². The molecule has 0 saturated carbocycles. The molecule has 3 aromatic heterocycles. The summed E-state index contributed by atoms with van der Waals surface area (Å²) in [6.45, 7) is -0.334. The first-order valence-electron chi connectivity index (χ1n) is 8.85. The van der Waals surface area contributed by atoms with E-state index in [-0.39, 0.29) is 17.9 Å². The fourth-order valence-electron chi connectivity index (χ4n) is 3.60. The van der Waals surface area contributed by atoms with Crippen molar-refractivity contribution in [2.24, 2.45) is 0 Å². The van der Waals surface area contributed by atoms with Gasteiger partial charge in [0.1, 0.15) is 12.2 Å². The molecule has 3 heterocycles. The summed E-state index contributed by atoms with van der Waals surface area (Å²) in [5, 5.41) is 13.0. The van der Waals surface area contributed by atoms with Crippen LogP contribution in [-0.2, 0) is 30.4 Å². The molecule has 1 aliphatic carbocycles. The van der Waals surface area contributed by atoms with Crippen molar-refractivity contribution in [2.75, 3.05) is 0 Å². The molecule has 0 atom stereocenters. The minimum atomic E-state index is -4.54. The van der Waals surface area contributed by atoms with E-state index in [4.69, 9.17) is 5.41 Å². The second-order valence-corrected chi connectivity index (χ2v) is 6.70. The Bertz CT molecular complexity index is 1070. The second kappa shape index (κ2) is 6.77. The predicted octanol–water partition coefficient (Wildman–Crippen LogP) is 0.979. The highest BCUT2D eigenvalue weighted by molar-refractivity contribution is 6.11. The van der Waals surface area contributed by atoms with Gasteiger partial charge in [-0.25, -0.2) is 15.1 Å². The number of H-pyrrole nitrogens is 1. The summed E-state index contributed by atoms with van der Waals surface area (Å²) in [6.07, 6.45) is 0.950. The molecule has 0 aliphatic heterocycles. The molecule has 0 aromatic carbocycles. The highest BCUT2D eigenvalue weighted by Gasteiger charge is 2.39. The number of nitrogens with two attached hydrogens (primary N) is 1. The fraction of sp³-hybridized carbons (Fsp3) is 0.333. The van der Waals surface area contributed by atoms with Crippen LogP contribution in [0.2, 0.25) is 0 Å². The molecule has 3 aromatic rings. The number of halogens is 3. The molecule has 0 radical (unpaired) electrons. The highest BCUT2D eigenvalue weighted by Crippen LogP contribution is 2.35. The molecular weight excluding hydrogens is 373 g/mol. The Kier molecular flexibility index (Phi) is 4.40. The Morgan fingerprint density at radius 1 is 1.32 bits per heavy atom. The van der Waals surface area contributed by atoms with Gasteiger partial charge in [0.2, 0.25) is 0 Å². The first kappa shape index (κ1) is 18.2. The maximum atomic E-state index is 13.3. The molecule has 1 amide bonds. The summed E-state index contributed by atoms with van der Waals surface area (Å²) in [5.74, 6) is -0.443. The molecule has 146 valence electrons. The van der Waals surface area contributed by atoms with Crippen LogP contribution in [0.5, 0.6) is 0 Å². The molecule has 1 aliphatic rings. The number of hydrogen-bond donors (Lipinski definition) is 3. The number of aromatic nitrogens is 4. The van der Waals surface area contributed by atoms with Crippen molar-refractivity contribution < 1.29 is 23.4 Å². The van der Waals surface area contributed by atoms with Crippen molar-refractivity contribution in [3.05, 3.63) is 47.0 Å². The van der Waals surface area contributed by atoms with Gasteiger partial charge in [0.25, 0.3) is 5.84 Å². The van der Waals surface area contributed by atoms with Crippen molar-refractivity contribution >= 4 is 22.8 Å². The lowest BCUT2D eigenvalue weighted by Gasteiger charge is -2.14. The van der Waals surface area contributed by atoms with E-state index < -0.39 is 17.8 Å². The number of amidine groups is 1. The lowest BCUT2D eigenvalue weighted by atomic mass is 9.95. The first-order chi connectivity index (χ1) is 13.3. The van der Waals surface area contributed by atoms with E-state index in [0.717, 1.165) is 16.5 Å². The summed E-state index contributed by atoms with van der Waals surface area (Å²) in [5.41, 5.74) is 0.963. The van der Waals surface area contributed by atoms with Crippen LogP contribution in [0.25, 0.3) is 11.0 Å². The van der Waals surface area contributed by atoms with E-state index >= 15 is 0 Å². The van der Waals surface area contributed by atoms with Gasteiger partial charge in [-0.3, -0.25) is 10.1 Å². The van der Waals surface area contributed by atoms with Crippen molar-refractivity contribution in [2.45, 2.75) is 38.4 Å². The number of fused-ring (bicyclic) bond motifs is 2. The Morgan fingerprint density at radius 2 is 2.11 bits per heavy atom.